The van der Waals surface area contributed by atoms with Crippen LogP contribution in [0.5, 0.6) is 5.75 Å². The molecule has 2 aromatic carbocycles. The van der Waals surface area contributed by atoms with Gasteiger partial charge < -0.3 is 14.5 Å². The third kappa shape index (κ3) is 12.9. The SMILES string of the molecule is COc1ccc(C(=O)N2CCN(CC=Cc3ccccc3)CC2)cc1N(CC=C(C)CCC=C(C)C)CC=C(C)CCC=C(C)C. The fourth-order valence-corrected chi connectivity index (χ4v) is 5.47. The van der Waals surface area contributed by atoms with E-state index in [0.717, 1.165) is 82.9 Å². The maximum absolute atomic E-state index is 13.8. The van der Waals surface area contributed by atoms with Crippen LogP contribution in [0.3, 0.4) is 0 Å². The van der Waals surface area contributed by atoms with Crippen LogP contribution < -0.4 is 9.64 Å². The lowest BCUT2D eigenvalue weighted by Gasteiger charge is -2.34. The molecule has 0 unspecified atom stereocenters. The number of allylic oxidation sites excluding steroid dienone is 6. The number of ether oxygens (including phenoxy) is 1. The molecule has 1 fully saturated rings. The molecule has 1 amide bonds. The second kappa shape index (κ2) is 19.6. The molecule has 0 radical (unpaired) electrons. The Morgan fingerprint density at radius 3 is 1.91 bits per heavy atom. The van der Waals surface area contributed by atoms with Gasteiger partial charge in [0.25, 0.3) is 5.91 Å². The molecule has 5 heteroatoms. The molecule has 0 spiro atoms. The Labute approximate surface area is 279 Å². The molecule has 3 rings (SSSR count). The average Bonchev–Trinajstić information content (AvgIpc) is 3.04. The predicted molar refractivity (Wildman–Crippen MR) is 198 cm³/mol. The van der Waals surface area contributed by atoms with E-state index in [2.05, 4.69) is 112 Å². The van der Waals surface area contributed by atoms with Crippen LogP contribution in [0, 0.1) is 0 Å². The van der Waals surface area contributed by atoms with E-state index in [9.17, 15) is 4.79 Å². The largest absolute Gasteiger partial charge is 0.495 e. The maximum atomic E-state index is 13.8. The van der Waals surface area contributed by atoms with Crippen LogP contribution in [-0.2, 0) is 0 Å². The van der Waals surface area contributed by atoms with Crippen molar-refractivity contribution in [3.8, 4) is 5.75 Å². The van der Waals surface area contributed by atoms with Gasteiger partial charge in [-0.05, 0) is 91.0 Å². The number of carbonyl (C=O) groups excluding carboxylic acids is 1. The Morgan fingerprint density at radius 1 is 0.783 bits per heavy atom. The number of methoxy groups -OCH3 is 1. The number of anilines is 1. The molecule has 0 N–H and O–H groups in total. The fourth-order valence-electron chi connectivity index (χ4n) is 5.47. The van der Waals surface area contributed by atoms with E-state index < -0.39 is 0 Å². The van der Waals surface area contributed by atoms with Gasteiger partial charge in [0.05, 0.1) is 12.8 Å². The molecule has 1 heterocycles. The lowest BCUT2D eigenvalue weighted by Crippen LogP contribution is -2.48. The van der Waals surface area contributed by atoms with Crippen molar-refractivity contribution in [1.29, 1.82) is 0 Å². The van der Waals surface area contributed by atoms with Crippen LogP contribution in [0.25, 0.3) is 6.08 Å². The molecule has 0 bridgehead atoms. The second-order valence-electron chi connectivity index (χ2n) is 12.9. The molecular weight excluding hydrogens is 566 g/mol. The van der Waals surface area contributed by atoms with Crippen molar-refractivity contribution in [2.75, 3.05) is 57.8 Å². The predicted octanol–water partition coefficient (Wildman–Crippen LogP) is 9.36. The number of amides is 1. The van der Waals surface area contributed by atoms with E-state index in [-0.39, 0.29) is 5.91 Å². The van der Waals surface area contributed by atoms with Gasteiger partial charge in [-0.25, -0.2) is 0 Å². The highest BCUT2D eigenvalue weighted by Gasteiger charge is 2.23. The summed E-state index contributed by atoms with van der Waals surface area (Å²) in [7, 11) is 1.71. The van der Waals surface area contributed by atoms with Crippen LogP contribution >= 0.6 is 0 Å². The summed E-state index contributed by atoms with van der Waals surface area (Å²) in [6.45, 7) is 18.6. The summed E-state index contributed by atoms with van der Waals surface area (Å²) in [5, 5.41) is 0. The molecule has 0 atom stereocenters. The first kappa shape index (κ1) is 36.6. The molecule has 5 nitrogen and oxygen atoms in total. The van der Waals surface area contributed by atoms with Gasteiger partial charge in [0.15, 0.2) is 0 Å². The third-order valence-corrected chi connectivity index (χ3v) is 8.40. The van der Waals surface area contributed by atoms with Gasteiger partial charge in [-0.15, -0.1) is 0 Å². The lowest BCUT2D eigenvalue weighted by molar-refractivity contribution is 0.0650. The summed E-state index contributed by atoms with van der Waals surface area (Å²) < 4.78 is 5.85. The smallest absolute Gasteiger partial charge is 0.254 e. The van der Waals surface area contributed by atoms with Crippen molar-refractivity contribution < 1.29 is 9.53 Å². The molecule has 0 saturated carbocycles. The highest BCUT2D eigenvalue weighted by Crippen LogP contribution is 2.31. The quantitative estimate of drug-likeness (QED) is 0.175. The first-order valence-electron chi connectivity index (χ1n) is 16.9. The van der Waals surface area contributed by atoms with Crippen molar-refractivity contribution in [2.45, 2.75) is 67.2 Å². The van der Waals surface area contributed by atoms with Crippen LogP contribution in [0.4, 0.5) is 5.69 Å². The van der Waals surface area contributed by atoms with E-state index in [4.69, 9.17) is 4.74 Å². The van der Waals surface area contributed by atoms with E-state index in [1.54, 1.807) is 7.11 Å². The number of rotatable bonds is 16. The molecule has 0 aliphatic carbocycles. The summed E-state index contributed by atoms with van der Waals surface area (Å²) in [5.41, 5.74) is 8.34. The van der Waals surface area contributed by atoms with E-state index in [1.807, 2.05) is 29.2 Å². The van der Waals surface area contributed by atoms with E-state index >= 15 is 0 Å². The summed E-state index contributed by atoms with van der Waals surface area (Å²) in [6, 6.07) is 16.3. The standard InChI is InChI=1S/C41H57N3O2/c1-33(2)14-11-16-35(5)23-26-43(27-24-36(6)17-12-15-34(3)4)39-32-38(21-22-40(39)46-7)41(45)44-30-28-42(29-31-44)25-13-20-37-18-9-8-10-19-37/h8-10,13-15,18-24,32H,11-12,16-17,25-31H2,1-7H3. The highest BCUT2D eigenvalue weighted by atomic mass is 16.5. The third-order valence-electron chi connectivity index (χ3n) is 8.40. The Kier molecular flexibility index (Phi) is 15.6. The fraction of sp³-hybridized carbons (Fsp3) is 0.439. The monoisotopic (exact) mass is 623 g/mol. The van der Waals surface area contributed by atoms with Crippen molar-refractivity contribution in [3.05, 3.63) is 112 Å². The van der Waals surface area contributed by atoms with E-state index in [1.165, 1.54) is 27.9 Å². The first-order valence-corrected chi connectivity index (χ1v) is 16.9. The number of hydrogen-bond donors (Lipinski definition) is 0. The summed E-state index contributed by atoms with van der Waals surface area (Å²) in [4.78, 5) is 20.5. The van der Waals surface area contributed by atoms with Gasteiger partial charge in [-0.2, -0.15) is 0 Å². The summed E-state index contributed by atoms with van der Waals surface area (Å²) >= 11 is 0. The first-order chi connectivity index (χ1) is 22.2. The summed E-state index contributed by atoms with van der Waals surface area (Å²) in [6.07, 6.45) is 17.8. The minimum atomic E-state index is 0.0882. The minimum Gasteiger partial charge on any atom is -0.495 e. The van der Waals surface area contributed by atoms with Crippen LogP contribution in [0.15, 0.2) is 101 Å². The molecule has 1 aliphatic heterocycles. The maximum Gasteiger partial charge on any atom is 0.254 e. The van der Waals surface area contributed by atoms with Gasteiger partial charge in [0.2, 0.25) is 0 Å². The number of carbonyl (C=O) groups is 1. The Hall–Kier alpha value is -3.83. The van der Waals surface area contributed by atoms with Gasteiger partial charge in [-0.3, -0.25) is 9.69 Å². The van der Waals surface area contributed by atoms with Crippen molar-refractivity contribution in [3.63, 3.8) is 0 Å². The molecule has 248 valence electrons. The van der Waals surface area contributed by atoms with E-state index in [0.29, 0.717) is 5.56 Å². The zero-order chi connectivity index (χ0) is 33.3. The topological polar surface area (TPSA) is 36.0 Å². The molecule has 46 heavy (non-hydrogen) atoms. The van der Waals surface area contributed by atoms with Gasteiger partial charge >= 0.3 is 0 Å². The molecule has 1 saturated heterocycles. The zero-order valence-corrected chi connectivity index (χ0v) is 29.5. The summed E-state index contributed by atoms with van der Waals surface area (Å²) in [5.74, 6) is 0.878. The Morgan fingerprint density at radius 2 is 1.37 bits per heavy atom. The zero-order valence-electron chi connectivity index (χ0n) is 29.5. The van der Waals surface area contributed by atoms with Gasteiger partial charge in [0.1, 0.15) is 5.75 Å². The minimum absolute atomic E-state index is 0.0882. The normalized spacial score (nSPS) is 14.4. The van der Waals surface area contributed by atoms with Gasteiger partial charge in [0, 0.05) is 51.4 Å². The number of benzene rings is 2. The second-order valence-corrected chi connectivity index (χ2v) is 12.9. The lowest BCUT2D eigenvalue weighted by atomic mass is 10.1. The van der Waals surface area contributed by atoms with Crippen LogP contribution in [0.2, 0.25) is 0 Å². The molecule has 2 aromatic rings. The number of hydrogen-bond acceptors (Lipinski definition) is 4. The molecule has 0 aromatic heterocycles. The van der Waals surface area contributed by atoms with Gasteiger partial charge in [-0.1, -0.05) is 89.1 Å². The molecular formula is C41H57N3O2. The Balaban J connectivity index is 1.74. The molecule has 1 aliphatic rings. The van der Waals surface area contributed by atoms with Crippen LogP contribution in [-0.4, -0.2) is 68.6 Å². The van der Waals surface area contributed by atoms with Crippen molar-refractivity contribution in [2.24, 2.45) is 0 Å². The van der Waals surface area contributed by atoms with Crippen molar-refractivity contribution in [1.82, 2.24) is 9.80 Å². The Bertz CT molecular complexity index is 1340. The highest BCUT2D eigenvalue weighted by molar-refractivity contribution is 5.96. The average molecular weight is 624 g/mol. The number of piperazine rings is 1. The van der Waals surface area contributed by atoms with Crippen LogP contribution in [0.1, 0.15) is 83.1 Å². The van der Waals surface area contributed by atoms with Crippen molar-refractivity contribution >= 4 is 17.7 Å². The number of nitrogens with zero attached hydrogens (tertiary/aromatic N) is 3.